The minimum Gasteiger partial charge on any atom is -0.326 e. The lowest BCUT2D eigenvalue weighted by Gasteiger charge is -2.34. The number of nitrogens with zero attached hydrogens (tertiary/aromatic N) is 1. The highest BCUT2D eigenvalue weighted by Crippen LogP contribution is 2.17. The van der Waals surface area contributed by atoms with Crippen molar-refractivity contribution >= 4 is 11.7 Å². The quantitative estimate of drug-likeness (QED) is 0.799. The van der Waals surface area contributed by atoms with E-state index in [-0.39, 0.29) is 12.1 Å². The van der Waals surface area contributed by atoms with Crippen LogP contribution >= 0.6 is 0 Å². The molecular formula is C14H21N3O. The van der Waals surface area contributed by atoms with Crippen LogP contribution in [0, 0.1) is 12.8 Å². The molecule has 0 aromatic heterocycles. The number of hydrogen-bond donors (Lipinski definition) is 2. The van der Waals surface area contributed by atoms with Gasteiger partial charge in [0.25, 0.3) is 0 Å². The van der Waals surface area contributed by atoms with E-state index >= 15 is 0 Å². The first-order chi connectivity index (χ1) is 8.54. The van der Waals surface area contributed by atoms with Crippen LogP contribution < -0.4 is 11.1 Å². The zero-order valence-electron chi connectivity index (χ0n) is 11.0. The van der Waals surface area contributed by atoms with Crippen LogP contribution in [0.3, 0.4) is 0 Å². The van der Waals surface area contributed by atoms with Gasteiger partial charge in [-0.25, -0.2) is 4.79 Å². The second kappa shape index (κ2) is 5.40. The summed E-state index contributed by atoms with van der Waals surface area (Å²) in [5, 5.41) is 2.92. The Balaban J connectivity index is 1.99. The van der Waals surface area contributed by atoms with E-state index in [2.05, 4.69) is 12.2 Å². The summed E-state index contributed by atoms with van der Waals surface area (Å²) in [4.78, 5) is 13.9. The Morgan fingerprint density at radius 2 is 2.22 bits per heavy atom. The van der Waals surface area contributed by atoms with Crippen molar-refractivity contribution in [2.24, 2.45) is 11.7 Å². The van der Waals surface area contributed by atoms with Crippen molar-refractivity contribution in [3.8, 4) is 0 Å². The van der Waals surface area contributed by atoms with Gasteiger partial charge >= 0.3 is 6.03 Å². The van der Waals surface area contributed by atoms with Crippen LogP contribution in [-0.4, -0.2) is 30.1 Å². The Bertz CT molecular complexity index is 423. The maximum atomic E-state index is 12.1. The lowest BCUT2D eigenvalue weighted by atomic mass is 9.97. The number of amides is 2. The molecule has 0 bridgehead atoms. The molecule has 2 rings (SSSR count). The Labute approximate surface area is 108 Å². The van der Waals surface area contributed by atoms with Crippen LogP contribution in [0.1, 0.15) is 18.9 Å². The lowest BCUT2D eigenvalue weighted by Crippen LogP contribution is -2.50. The first-order valence-corrected chi connectivity index (χ1v) is 6.43. The third-order valence-electron chi connectivity index (χ3n) is 3.25. The van der Waals surface area contributed by atoms with Crippen molar-refractivity contribution in [3.63, 3.8) is 0 Å². The number of nitrogens with two attached hydrogens (primary N) is 1. The molecule has 3 N–H and O–H groups in total. The molecule has 1 heterocycles. The number of piperidine rings is 1. The molecule has 0 radical (unpaired) electrons. The maximum absolute atomic E-state index is 12.1. The molecule has 1 aliphatic heterocycles. The number of rotatable bonds is 1. The monoisotopic (exact) mass is 247 g/mol. The minimum atomic E-state index is -0.0531. The lowest BCUT2D eigenvalue weighted by molar-refractivity contribution is 0.172. The molecular weight excluding hydrogens is 226 g/mol. The van der Waals surface area contributed by atoms with E-state index in [1.54, 1.807) is 4.90 Å². The summed E-state index contributed by atoms with van der Waals surface area (Å²) in [5.74, 6) is 0.469. The fraction of sp³-hybridized carbons (Fsp3) is 0.500. The van der Waals surface area contributed by atoms with Crippen molar-refractivity contribution < 1.29 is 4.79 Å². The van der Waals surface area contributed by atoms with Gasteiger partial charge in [0.05, 0.1) is 0 Å². The van der Waals surface area contributed by atoms with Gasteiger partial charge < -0.3 is 16.0 Å². The predicted molar refractivity (Wildman–Crippen MR) is 73.5 cm³/mol. The van der Waals surface area contributed by atoms with Gasteiger partial charge in [-0.1, -0.05) is 19.1 Å². The molecule has 0 aliphatic carbocycles. The van der Waals surface area contributed by atoms with E-state index in [4.69, 9.17) is 5.73 Å². The van der Waals surface area contributed by atoms with E-state index in [9.17, 15) is 4.79 Å². The highest BCUT2D eigenvalue weighted by atomic mass is 16.2. The Kier molecular flexibility index (Phi) is 3.87. The molecule has 2 atom stereocenters. The molecule has 2 amide bonds. The van der Waals surface area contributed by atoms with Crippen molar-refractivity contribution in [2.75, 3.05) is 18.4 Å². The molecule has 4 nitrogen and oxygen atoms in total. The van der Waals surface area contributed by atoms with Crippen LogP contribution in [0.5, 0.6) is 0 Å². The molecule has 0 saturated carbocycles. The average Bonchev–Trinajstić information content (AvgIpc) is 2.27. The topological polar surface area (TPSA) is 58.4 Å². The summed E-state index contributed by atoms with van der Waals surface area (Å²) >= 11 is 0. The summed E-state index contributed by atoms with van der Waals surface area (Å²) in [5.41, 5.74) is 7.92. The first kappa shape index (κ1) is 12.9. The summed E-state index contributed by atoms with van der Waals surface area (Å²) in [6, 6.07) is 7.85. The van der Waals surface area contributed by atoms with Gasteiger partial charge in [0, 0.05) is 24.8 Å². The second-order valence-electron chi connectivity index (χ2n) is 5.31. The van der Waals surface area contributed by atoms with Crippen LogP contribution in [0.2, 0.25) is 0 Å². The van der Waals surface area contributed by atoms with E-state index in [0.29, 0.717) is 12.5 Å². The van der Waals surface area contributed by atoms with E-state index in [0.717, 1.165) is 24.2 Å². The minimum absolute atomic E-state index is 0.0531. The van der Waals surface area contributed by atoms with Crippen molar-refractivity contribution in [1.82, 2.24) is 4.90 Å². The summed E-state index contributed by atoms with van der Waals surface area (Å²) < 4.78 is 0. The number of likely N-dealkylation sites (tertiary alicyclic amines) is 1. The van der Waals surface area contributed by atoms with E-state index in [1.165, 1.54) is 0 Å². The van der Waals surface area contributed by atoms with Crippen molar-refractivity contribution in [3.05, 3.63) is 29.8 Å². The molecule has 1 aromatic carbocycles. The highest BCUT2D eigenvalue weighted by Gasteiger charge is 2.25. The Morgan fingerprint density at radius 1 is 1.44 bits per heavy atom. The molecule has 1 aliphatic rings. The molecule has 4 heteroatoms. The van der Waals surface area contributed by atoms with Crippen LogP contribution in [0.15, 0.2) is 24.3 Å². The number of carbonyl (C=O) groups excluding carboxylic acids is 1. The maximum Gasteiger partial charge on any atom is 0.321 e. The van der Waals surface area contributed by atoms with Gasteiger partial charge in [-0.05, 0) is 37.0 Å². The molecule has 0 spiro atoms. The van der Waals surface area contributed by atoms with E-state index in [1.807, 2.05) is 31.2 Å². The number of aryl methyl sites for hydroxylation is 1. The third kappa shape index (κ3) is 3.23. The van der Waals surface area contributed by atoms with Gasteiger partial charge in [0.15, 0.2) is 0 Å². The van der Waals surface area contributed by atoms with Gasteiger partial charge in [0.2, 0.25) is 0 Å². The van der Waals surface area contributed by atoms with Gasteiger partial charge in [-0.15, -0.1) is 0 Å². The van der Waals surface area contributed by atoms with Crippen LogP contribution in [0.25, 0.3) is 0 Å². The molecule has 2 unspecified atom stereocenters. The average molecular weight is 247 g/mol. The van der Waals surface area contributed by atoms with Crippen molar-refractivity contribution in [2.45, 2.75) is 26.3 Å². The summed E-state index contributed by atoms with van der Waals surface area (Å²) in [6.07, 6.45) is 0.994. The van der Waals surface area contributed by atoms with E-state index < -0.39 is 0 Å². The number of hydrogen-bond acceptors (Lipinski definition) is 2. The molecule has 18 heavy (non-hydrogen) atoms. The molecule has 1 aromatic rings. The predicted octanol–water partition coefficient (Wildman–Crippen LogP) is 2.20. The van der Waals surface area contributed by atoms with Gasteiger partial charge in [-0.2, -0.15) is 0 Å². The molecule has 1 fully saturated rings. The number of anilines is 1. The number of urea groups is 1. The smallest absolute Gasteiger partial charge is 0.321 e. The normalized spacial score (nSPS) is 23.8. The zero-order valence-corrected chi connectivity index (χ0v) is 11.0. The third-order valence-corrected chi connectivity index (χ3v) is 3.25. The van der Waals surface area contributed by atoms with Gasteiger partial charge in [0.1, 0.15) is 0 Å². The molecule has 1 saturated heterocycles. The number of nitrogens with one attached hydrogen (secondary N) is 1. The largest absolute Gasteiger partial charge is 0.326 e. The number of benzene rings is 1. The van der Waals surface area contributed by atoms with Crippen molar-refractivity contribution in [1.29, 1.82) is 0 Å². The highest BCUT2D eigenvalue weighted by molar-refractivity contribution is 5.89. The Hall–Kier alpha value is -1.55. The Morgan fingerprint density at radius 3 is 2.89 bits per heavy atom. The molecule has 98 valence electrons. The fourth-order valence-corrected chi connectivity index (χ4v) is 2.49. The first-order valence-electron chi connectivity index (χ1n) is 6.43. The fourth-order valence-electron chi connectivity index (χ4n) is 2.49. The van der Waals surface area contributed by atoms with Crippen LogP contribution in [0.4, 0.5) is 10.5 Å². The van der Waals surface area contributed by atoms with Crippen LogP contribution in [-0.2, 0) is 0 Å². The SMILES string of the molecule is Cc1cccc(NC(=O)N2CC(C)CC(N)C2)c1. The summed E-state index contributed by atoms with van der Waals surface area (Å²) in [7, 11) is 0. The second-order valence-corrected chi connectivity index (χ2v) is 5.31. The van der Waals surface area contributed by atoms with Gasteiger partial charge in [-0.3, -0.25) is 0 Å². The number of carbonyl (C=O) groups is 1. The standard InChI is InChI=1S/C14H21N3O/c1-10-4-3-5-13(7-10)16-14(18)17-8-11(2)6-12(15)9-17/h3-5,7,11-12H,6,8-9,15H2,1-2H3,(H,16,18). The summed E-state index contributed by atoms with van der Waals surface area (Å²) in [6.45, 7) is 5.56. The zero-order chi connectivity index (χ0) is 13.1.